The van der Waals surface area contributed by atoms with E-state index in [-0.39, 0.29) is 12.5 Å². The maximum atomic E-state index is 12.3. The molecule has 0 aliphatic rings. The third kappa shape index (κ3) is 4.54. The van der Waals surface area contributed by atoms with Crippen LogP contribution in [0.2, 0.25) is 0 Å². The van der Waals surface area contributed by atoms with Crippen molar-refractivity contribution in [2.45, 2.75) is 11.4 Å². The van der Waals surface area contributed by atoms with Gasteiger partial charge >= 0.3 is 0 Å². The van der Waals surface area contributed by atoms with E-state index in [4.69, 9.17) is 4.74 Å². The van der Waals surface area contributed by atoms with Crippen molar-refractivity contribution in [1.29, 1.82) is 0 Å². The summed E-state index contributed by atoms with van der Waals surface area (Å²) >= 11 is 1.71. The first kappa shape index (κ1) is 17.4. The van der Waals surface area contributed by atoms with Crippen molar-refractivity contribution in [1.82, 2.24) is 4.90 Å². The van der Waals surface area contributed by atoms with Gasteiger partial charge < -0.3 is 9.64 Å². The van der Waals surface area contributed by atoms with E-state index in [2.05, 4.69) is 36.6 Å². The Hall–Kier alpha value is -2.46. The van der Waals surface area contributed by atoms with Crippen molar-refractivity contribution >= 4 is 28.4 Å². The third-order valence-corrected chi connectivity index (χ3v) is 4.83. The van der Waals surface area contributed by atoms with E-state index >= 15 is 0 Å². The summed E-state index contributed by atoms with van der Waals surface area (Å²) in [5, 5.41) is 2.27. The highest BCUT2D eigenvalue weighted by Gasteiger charge is 2.10. The molecule has 0 unspecified atom stereocenters. The second kappa shape index (κ2) is 8.08. The van der Waals surface area contributed by atoms with E-state index in [0.29, 0.717) is 12.3 Å². The summed E-state index contributed by atoms with van der Waals surface area (Å²) in [6.45, 7) is 0.617. The quantitative estimate of drug-likeness (QED) is 0.608. The number of carbonyl (C=O) groups excluding carboxylic acids is 1. The standard InChI is InChI=1S/C21H21NO2S/c1-22(14-16-7-11-20(25-2)12-8-16)21(23)15-24-19-10-9-17-5-3-4-6-18(17)13-19/h3-13H,14-15H2,1-2H3. The lowest BCUT2D eigenvalue weighted by Crippen LogP contribution is -2.30. The molecule has 0 aromatic heterocycles. The lowest BCUT2D eigenvalue weighted by Gasteiger charge is -2.18. The van der Waals surface area contributed by atoms with Gasteiger partial charge in [-0.1, -0.05) is 42.5 Å². The zero-order valence-corrected chi connectivity index (χ0v) is 15.3. The van der Waals surface area contributed by atoms with Gasteiger partial charge in [-0.15, -0.1) is 11.8 Å². The summed E-state index contributed by atoms with van der Waals surface area (Å²) in [6.07, 6.45) is 2.05. The first-order valence-electron chi connectivity index (χ1n) is 8.14. The first-order chi connectivity index (χ1) is 12.2. The second-order valence-electron chi connectivity index (χ2n) is 5.90. The molecule has 0 radical (unpaired) electrons. The maximum Gasteiger partial charge on any atom is 0.260 e. The highest BCUT2D eigenvalue weighted by atomic mass is 32.2. The predicted molar refractivity (Wildman–Crippen MR) is 104 cm³/mol. The molecule has 0 atom stereocenters. The number of thioether (sulfide) groups is 1. The number of carbonyl (C=O) groups is 1. The number of rotatable bonds is 6. The molecule has 3 rings (SSSR count). The molecule has 0 aliphatic heterocycles. The molecule has 0 saturated carbocycles. The van der Waals surface area contributed by atoms with Crippen molar-refractivity contribution in [2.24, 2.45) is 0 Å². The van der Waals surface area contributed by atoms with Crippen molar-refractivity contribution in [3.05, 3.63) is 72.3 Å². The molecule has 0 spiro atoms. The average molecular weight is 351 g/mol. The SMILES string of the molecule is CSc1ccc(CN(C)C(=O)COc2ccc3ccccc3c2)cc1. The fourth-order valence-electron chi connectivity index (χ4n) is 2.61. The van der Waals surface area contributed by atoms with Gasteiger partial charge in [-0.25, -0.2) is 0 Å². The number of fused-ring (bicyclic) bond motifs is 1. The van der Waals surface area contributed by atoms with Crippen LogP contribution >= 0.6 is 11.8 Å². The molecule has 128 valence electrons. The molecule has 0 heterocycles. The Morgan fingerprint density at radius 3 is 2.44 bits per heavy atom. The third-order valence-electron chi connectivity index (χ3n) is 4.09. The lowest BCUT2D eigenvalue weighted by atomic mass is 10.1. The Kier molecular flexibility index (Phi) is 5.61. The molecule has 1 amide bonds. The van der Waals surface area contributed by atoms with Crippen LogP contribution in [0.1, 0.15) is 5.56 Å². The molecule has 0 N–H and O–H groups in total. The lowest BCUT2D eigenvalue weighted by molar-refractivity contribution is -0.132. The van der Waals surface area contributed by atoms with E-state index in [1.54, 1.807) is 23.7 Å². The Bertz CT molecular complexity index is 861. The summed E-state index contributed by atoms with van der Waals surface area (Å²) < 4.78 is 5.68. The first-order valence-corrected chi connectivity index (χ1v) is 9.36. The molecule has 0 fully saturated rings. The van der Waals surface area contributed by atoms with Gasteiger partial charge in [0.15, 0.2) is 6.61 Å². The van der Waals surface area contributed by atoms with E-state index in [1.807, 2.05) is 36.4 Å². The maximum absolute atomic E-state index is 12.3. The Balaban J connectivity index is 1.56. The number of amides is 1. The zero-order chi connectivity index (χ0) is 17.6. The Labute approximate surface area is 152 Å². The Morgan fingerprint density at radius 1 is 1.00 bits per heavy atom. The highest BCUT2D eigenvalue weighted by Crippen LogP contribution is 2.20. The van der Waals surface area contributed by atoms with Gasteiger partial charge in [0, 0.05) is 18.5 Å². The molecule has 3 aromatic carbocycles. The number of hydrogen-bond donors (Lipinski definition) is 0. The number of nitrogens with zero attached hydrogens (tertiary/aromatic N) is 1. The molecular weight excluding hydrogens is 330 g/mol. The molecule has 0 bridgehead atoms. The van der Waals surface area contributed by atoms with Gasteiger partial charge in [-0.2, -0.15) is 0 Å². The normalized spacial score (nSPS) is 10.6. The summed E-state index contributed by atoms with van der Waals surface area (Å²) in [6, 6.07) is 22.2. The van der Waals surface area contributed by atoms with Crippen molar-refractivity contribution in [3.63, 3.8) is 0 Å². The van der Waals surface area contributed by atoms with Crippen LogP contribution in [0, 0.1) is 0 Å². The monoisotopic (exact) mass is 351 g/mol. The van der Waals surface area contributed by atoms with Crippen LogP contribution in [0.3, 0.4) is 0 Å². The van der Waals surface area contributed by atoms with E-state index in [1.165, 1.54) is 4.90 Å². The molecule has 0 saturated heterocycles. The van der Waals surface area contributed by atoms with Gasteiger partial charge in [0.05, 0.1) is 0 Å². The van der Waals surface area contributed by atoms with Gasteiger partial charge in [0.1, 0.15) is 5.75 Å². The molecule has 25 heavy (non-hydrogen) atoms. The summed E-state index contributed by atoms with van der Waals surface area (Å²) in [5.74, 6) is 0.673. The molecular formula is C21H21NO2S. The second-order valence-corrected chi connectivity index (χ2v) is 6.78. The van der Waals surface area contributed by atoms with Crippen molar-refractivity contribution in [3.8, 4) is 5.75 Å². The average Bonchev–Trinajstić information content (AvgIpc) is 2.66. The fourth-order valence-corrected chi connectivity index (χ4v) is 3.01. The molecule has 0 aliphatic carbocycles. The topological polar surface area (TPSA) is 29.5 Å². The van der Waals surface area contributed by atoms with Crippen LogP contribution in [0.4, 0.5) is 0 Å². The minimum Gasteiger partial charge on any atom is -0.484 e. The van der Waals surface area contributed by atoms with Crippen molar-refractivity contribution in [2.75, 3.05) is 19.9 Å². The van der Waals surface area contributed by atoms with Gasteiger partial charge in [-0.05, 0) is 46.9 Å². The van der Waals surface area contributed by atoms with E-state index in [9.17, 15) is 4.79 Å². The van der Waals surface area contributed by atoms with Crippen LogP contribution in [-0.4, -0.2) is 30.7 Å². The van der Waals surface area contributed by atoms with E-state index < -0.39 is 0 Å². The van der Waals surface area contributed by atoms with E-state index in [0.717, 1.165) is 16.3 Å². The summed E-state index contributed by atoms with van der Waals surface area (Å²) in [5.41, 5.74) is 1.11. The zero-order valence-electron chi connectivity index (χ0n) is 14.4. The number of hydrogen-bond acceptors (Lipinski definition) is 3. The fraction of sp³-hybridized carbons (Fsp3) is 0.190. The van der Waals surface area contributed by atoms with Crippen LogP contribution < -0.4 is 4.74 Å². The minimum absolute atomic E-state index is 0.0394. The van der Waals surface area contributed by atoms with Gasteiger partial charge in [0.2, 0.25) is 0 Å². The molecule has 4 heteroatoms. The summed E-state index contributed by atoms with van der Waals surface area (Å²) in [4.78, 5) is 15.2. The van der Waals surface area contributed by atoms with Gasteiger partial charge in [-0.3, -0.25) is 4.79 Å². The highest BCUT2D eigenvalue weighted by molar-refractivity contribution is 7.98. The molecule has 3 nitrogen and oxygen atoms in total. The number of ether oxygens (including phenoxy) is 1. The van der Waals surface area contributed by atoms with Crippen LogP contribution in [-0.2, 0) is 11.3 Å². The number of likely N-dealkylation sites (N-methyl/N-ethyl adjacent to an activating group) is 1. The Morgan fingerprint density at radius 2 is 1.72 bits per heavy atom. The van der Waals surface area contributed by atoms with Crippen LogP contribution in [0.25, 0.3) is 10.8 Å². The smallest absolute Gasteiger partial charge is 0.260 e. The van der Waals surface area contributed by atoms with Gasteiger partial charge in [0.25, 0.3) is 5.91 Å². The molecule has 3 aromatic rings. The minimum atomic E-state index is -0.0397. The van der Waals surface area contributed by atoms with Crippen LogP contribution in [0.5, 0.6) is 5.75 Å². The largest absolute Gasteiger partial charge is 0.484 e. The van der Waals surface area contributed by atoms with Crippen molar-refractivity contribution < 1.29 is 9.53 Å². The van der Waals surface area contributed by atoms with Crippen LogP contribution in [0.15, 0.2) is 71.6 Å². The number of benzene rings is 3. The predicted octanol–water partition coefficient (Wildman–Crippen LogP) is 4.60. The summed E-state index contributed by atoms with van der Waals surface area (Å²) in [7, 11) is 1.80.